The molecule has 0 atom stereocenters. The van der Waals surface area contributed by atoms with E-state index in [-0.39, 0.29) is 17.0 Å². The van der Waals surface area contributed by atoms with Crippen molar-refractivity contribution >= 4 is 17.6 Å². The second-order valence-electron chi connectivity index (χ2n) is 4.27. The van der Waals surface area contributed by atoms with Crippen LogP contribution in [0.3, 0.4) is 0 Å². The van der Waals surface area contributed by atoms with Crippen LogP contribution in [0.25, 0.3) is 0 Å². The van der Waals surface area contributed by atoms with Crippen LogP contribution in [-0.2, 0) is 4.74 Å². The molecule has 108 valence electrons. The number of esters is 1. The molecule has 6 nitrogen and oxygen atoms in total. The second kappa shape index (κ2) is 6.04. The van der Waals surface area contributed by atoms with Crippen LogP contribution in [0.1, 0.15) is 20.8 Å². The number of amides is 1. The lowest BCUT2D eigenvalue weighted by molar-refractivity contribution is 0.0590. The summed E-state index contributed by atoms with van der Waals surface area (Å²) in [5, 5.41) is 9.27. The van der Waals surface area contributed by atoms with Gasteiger partial charge in [-0.25, -0.2) is 9.78 Å². The first-order chi connectivity index (χ1) is 10.0. The molecule has 0 aliphatic rings. The van der Waals surface area contributed by atoms with Crippen LogP contribution in [-0.4, -0.2) is 36.1 Å². The Morgan fingerprint density at radius 3 is 2.48 bits per heavy atom. The number of aromatic nitrogens is 1. The fraction of sp³-hybridized carbons (Fsp3) is 0.133. The van der Waals surface area contributed by atoms with Crippen molar-refractivity contribution in [1.82, 2.24) is 4.98 Å². The summed E-state index contributed by atoms with van der Waals surface area (Å²) in [5.74, 6) is -0.955. The van der Waals surface area contributed by atoms with Crippen LogP contribution in [0.5, 0.6) is 5.75 Å². The van der Waals surface area contributed by atoms with Crippen LogP contribution < -0.4 is 4.90 Å². The molecule has 0 fully saturated rings. The largest absolute Gasteiger partial charge is 0.508 e. The van der Waals surface area contributed by atoms with Gasteiger partial charge in [-0.05, 0) is 36.4 Å². The Balaban J connectivity index is 2.36. The first kappa shape index (κ1) is 14.5. The maximum atomic E-state index is 12.5. The number of aromatic hydroxyl groups is 1. The third-order valence-corrected chi connectivity index (χ3v) is 2.96. The van der Waals surface area contributed by atoms with Crippen LogP contribution in [0, 0.1) is 0 Å². The van der Waals surface area contributed by atoms with Crippen molar-refractivity contribution in [2.75, 3.05) is 19.1 Å². The van der Waals surface area contributed by atoms with Crippen LogP contribution >= 0.6 is 0 Å². The molecule has 0 spiro atoms. The van der Waals surface area contributed by atoms with Crippen molar-refractivity contribution in [3.8, 4) is 5.75 Å². The molecule has 1 amide bonds. The van der Waals surface area contributed by atoms with E-state index in [4.69, 9.17) is 0 Å². The third-order valence-electron chi connectivity index (χ3n) is 2.96. The van der Waals surface area contributed by atoms with Crippen LogP contribution in [0.15, 0.2) is 42.6 Å². The molecule has 2 rings (SSSR count). The molecule has 1 N–H and O–H groups in total. The van der Waals surface area contributed by atoms with E-state index in [0.717, 1.165) is 0 Å². The lowest BCUT2D eigenvalue weighted by Crippen LogP contribution is -2.28. The van der Waals surface area contributed by atoms with Crippen LogP contribution in [0.4, 0.5) is 5.69 Å². The van der Waals surface area contributed by atoms with Gasteiger partial charge in [-0.2, -0.15) is 0 Å². The first-order valence-electron chi connectivity index (χ1n) is 6.15. The van der Waals surface area contributed by atoms with Gasteiger partial charge < -0.3 is 14.7 Å². The summed E-state index contributed by atoms with van der Waals surface area (Å²) in [5.41, 5.74) is 0.702. The number of ether oxygens (including phenoxy) is 1. The Bertz CT molecular complexity index is 668. The van der Waals surface area contributed by atoms with Crippen LogP contribution in [0.2, 0.25) is 0 Å². The zero-order valence-electron chi connectivity index (χ0n) is 11.6. The quantitative estimate of drug-likeness (QED) is 0.871. The molecule has 1 aromatic carbocycles. The standard InChI is InChI=1S/C15H14N2O4/c1-17(10-5-7-11(18)8-6-10)14(19)12-4-3-9-16-13(12)15(20)21-2/h3-9,18H,1-2H3. The van der Waals surface area contributed by atoms with Crippen molar-refractivity contribution in [2.24, 2.45) is 0 Å². The summed E-state index contributed by atoms with van der Waals surface area (Å²) in [4.78, 5) is 29.4. The van der Waals surface area contributed by atoms with Gasteiger partial charge in [0.1, 0.15) is 5.75 Å². The number of methoxy groups -OCH3 is 1. The van der Waals surface area contributed by atoms with E-state index in [1.165, 1.54) is 36.4 Å². The number of benzene rings is 1. The number of carbonyl (C=O) groups is 2. The molecule has 0 aliphatic carbocycles. The average Bonchev–Trinajstić information content (AvgIpc) is 2.53. The molecule has 2 aromatic rings. The third kappa shape index (κ3) is 3.00. The summed E-state index contributed by atoms with van der Waals surface area (Å²) < 4.78 is 4.62. The molecule has 0 saturated carbocycles. The number of nitrogens with zero attached hydrogens (tertiary/aromatic N) is 2. The number of phenols is 1. The van der Waals surface area contributed by atoms with Crippen molar-refractivity contribution in [2.45, 2.75) is 0 Å². The zero-order valence-corrected chi connectivity index (χ0v) is 11.6. The number of carbonyl (C=O) groups excluding carboxylic acids is 2. The highest BCUT2D eigenvalue weighted by Gasteiger charge is 2.22. The lowest BCUT2D eigenvalue weighted by atomic mass is 10.1. The van der Waals surface area contributed by atoms with Crippen molar-refractivity contribution < 1.29 is 19.4 Å². The van der Waals surface area contributed by atoms with Gasteiger partial charge in [-0.15, -0.1) is 0 Å². The van der Waals surface area contributed by atoms with Gasteiger partial charge in [-0.3, -0.25) is 4.79 Å². The Hall–Kier alpha value is -2.89. The topological polar surface area (TPSA) is 79.7 Å². The maximum absolute atomic E-state index is 12.5. The Kier molecular flexibility index (Phi) is 4.18. The van der Waals surface area contributed by atoms with Crippen molar-refractivity contribution in [3.05, 3.63) is 53.9 Å². The van der Waals surface area contributed by atoms with E-state index in [0.29, 0.717) is 5.69 Å². The van der Waals surface area contributed by atoms with E-state index >= 15 is 0 Å². The molecular weight excluding hydrogens is 272 g/mol. The van der Waals surface area contributed by atoms with Gasteiger partial charge in [0.15, 0.2) is 5.69 Å². The smallest absolute Gasteiger partial charge is 0.357 e. The van der Waals surface area contributed by atoms with E-state index < -0.39 is 11.9 Å². The van der Waals surface area contributed by atoms with Crippen molar-refractivity contribution in [3.63, 3.8) is 0 Å². The van der Waals surface area contributed by atoms with Crippen molar-refractivity contribution in [1.29, 1.82) is 0 Å². The molecule has 1 heterocycles. The van der Waals surface area contributed by atoms with Gasteiger partial charge in [-0.1, -0.05) is 0 Å². The summed E-state index contributed by atoms with van der Waals surface area (Å²) in [6.07, 6.45) is 1.42. The second-order valence-corrected chi connectivity index (χ2v) is 4.27. The average molecular weight is 286 g/mol. The summed E-state index contributed by atoms with van der Waals surface area (Å²) >= 11 is 0. The number of anilines is 1. The fourth-order valence-corrected chi connectivity index (χ4v) is 1.81. The monoisotopic (exact) mass is 286 g/mol. The molecule has 6 heteroatoms. The van der Waals surface area contributed by atoms with E-state index in [2.05, 4.69) is 9.72 Å². The molecule has 0 bridgehead atoms. The predicted molar refractivity (Wildman–Crippen MR) is 76.4 cm³/mol. The van der Waals surface area contributed by atoms with Gasteiger partial charge in [0.05, 0.1) is 12.7 Å². The highest BCUT2D eigenvalue weighted by atomic mass is 16.5. The summed E-state index contributed by atoms with van der Waals surface area (Å²) in [6, 6.07) is 9.23. The lowest BCUT2D eigenvalue weighted by Gasteiger charge is -2.18. The maximum Gasteiger partial charge on any atom is 0.357 e. The normalized spacial score (nSPS) is 10.0. The van der Waals surface area contributed by atoms with Gasteiger partial charge in [0.25, 0.3) is 5.91 Å². The Morgan fingerprint density at radius 2 is 1.86 bits per heavy atom. The molecule has 0 radical (unpaired) electrons. The van der Waals surface area contributed by atoms with Gasteiger partial charge >= 0.3 is 5.97 Å². The molecule has 0 saturated heterocycles. The highest BCUT2D eigenvalue weighted by molar-refractivity contribution is 6.11. The first-order valence-corrected chi connectivity index (χ1v) is 6.15. The van der Waals surface area contributed by atoms with Gasteiger partial charge in [0.2, 0.25) is 0 Å². The fourth-order valence-electron chi connectivity index (χ4n) is 1.81. The summed E-state index contributed by atoms with van der Waals surface area (Å²) in [7, 11) is 2.80. The number of hydrogen-bond acceptors (Lipinski definition) is 5. The highest BCUT2D eigenvalue weighted by Crippen LogP contribution is 2.20. The molecule has 21 heavy (non-hydrogen) atoms. The molecule has 0 unspecified atom stereocenters. The number of hydrogen-bond donors (Lipinski definition) is 1. The molecule has 0 aliphatic heterocycles. The number of rotatable bonds is 3. The Labute approximate surface area is 121 Å². The number of pyridine rings is 1. The van der Waals surface area contributed by atoms with E-state index in [1.807, 2.05) is 0 Å². The minimum Gasteiger partial charge on any atom is -0.508 e. The van der Waals surface area contributed by atoms with E-state index in [9.17, 15) is 14.7 Å². The number of phenolic OH excluding ortho intramolecular Hbond substituents is 1. The minimum absolute atomic E-state index is 0.0318. The SMILES string of the molecule is COC(=O)c1ncccc1C(=O)N(C)c1ccc(O)cc1. The van der Waals surface area contributed by atoms with E-state index in [1.54, 1.807) is 25.2 Å². The molecule has 1 aromatic heterocycles. The zero-order chi connectivity index (χ0) is 15.4. The predicted octanol–water partition coefficient (Wildman–Crippen LogP) is 1.85. The molecular formula is C15H14N2O4. The summed E-state index contributed by atoms with van der Waals surface area (Å²) in [6.45, 7) is 0. The minimum atomic E-state index is -0.668. The van der Waals surface area contributed by atoms with Gasteiger partial charge in [0, 0.05) is 18.9 Å². The Morgan fingerprint density at radius 1 is 1.19 bits per heavy atom.